The number of hydrogen-bond acceptors (Lipinski definition) is 4. The van der Waals surface area contributed by atoms with Crippen molar-refractivity contribution < 1.29 is 18.3 Å². The van der Waals surface area contributed by atoms with E-state index in [2.05, 4.69) is 4.98 Å². The first kappa shape index (κ1) is 19.6. The molecule has 0 saturated heterocycles. The molecule has 30 heavy (non-hydrogen) atoms. The number of nitrogens with zero attached hydrogens (tertiary/aromatic N) is 1. The zero-order chi connectivity index (χ0) is 20.9. The molecule has 0 amide bonds. The average molecular weight is 401 g/mol. The number of halogens is 1. The number of rotatable bonds is 7. The van der Waals surface area contributed by atoms with Gasteiger partial charge in [0.05, 0.1) is 12.2 Å². The summed E-state index contributed by atoms with van der Waals surface area (Å²) in [5.74, 6) is 0.341. The normalized spacial score (nSPS) is 11.6. The van der Waals surface area contributed by atoms with Crippen LogP contribution in [0.25, 0.3) is 22.7 Å². The highest BCUT2D eigenvalue weighted by molar-refractivity contribution is 6.31. The third-order valence-electron chi connectivity index (χ3n) is 4.54. The molecule has 4 nitrogen and oxygen atoms in total. The lowest BCUT2D eigenvalue weighted by Gasteiger charge is -2.07. The van der Waals surface area contributed by atoms with Gasteiger partial charge in [-0.05, 0) is 66.6 Å². The maximum atomic E-state index is 13.3. The highest BCUT2D eigenvalue weighted by Gasteiger charge is 2.20. The molecule has 0 saturated carbocycles. The molecule has 1 aromatic heterocycles. The Morgan fingerprint density at radius 3 is 2.47 bits per heavy atom. The van der Waals surface area contributed by atoms with E-state index in [0.717, 1.165) is 6.42 Å². The van der Waals surface area contributed by atoms with Crippen molar-refractivity contribution in [3.05, 3.63) is 95.6 Å². The van der Waals surface area contributed by atoms with Gasteiger partial charge in [0.25, 0.3) is 0 Å². The summed E-state index contributed by atoms with van der Waals surface area (Å²) in [6, 6.07) is 20.2. The van der Waals surface area contributed by atoms with Gasteiger partial charge in [0.15, 0.2) is 11.4 Å². The highest BCUT2D eigenvalue weighted by Crippen LogP contribution is 2.27. The van der Waals surface area contributed by atoms with E-state index in [4.69, 9.17) is 9.15 Å². The van der Waals surface area contributed by atoms with E-state index >= 15 is 0 Å². The van der Waals surface area contributed by atoms with E-state index in [1.165, 1.54) is 12.1 Å². The van der Waals surface area contributed by atoms with E-state index in [-0.39, 0.29) is 17.5 Å². The molecule has 0 radical (unpaired) electrons. The lowest BCUT2D eigenvalue weighted by atomic mass is 10.0. The van der Waals surface area contributed by atoms with Crippen LogP contribution in [0.2, 0.25) is 0 Å². The van der Waals surface area contributed by atoms with Crippen LogP contribution in [-0.2, 0) is 0 Å². The van der Waals surface area contributed by atoms with Crippen LogP contribution in [0.4, 0.5) is 4.39 Å². The average Bonchev–Trinajstić information content (AvgIpc) is 3.21. The largest absolute Gasteiger partial charge is 0.494 e. The minimum atomic E-state index is -0.343. The minimum Gasteiger partial charge on any atom is -0.494 e. The number of ketones is 1. The molecule has 0 aliphatic heterocycles. The molecule has 0 bridgehead atoms. The second-order valence-corrected chi connectivity index (χ2v) is 6.80. The number of fused-ring (bicyclic) bond motifs is 1. The standard InChI is InChI=1S/C25H20FNO3/c1-2-15-29-20-13-9-18(10-14-20)24(28)21(16-17-7-11-19(26)12-8-17)25-27-22-5-3-4-6-23(22)30-25/h3-14,16H,2,15H2,1H3. The van der Waals surface area contributed by atoms with Crippen LogP contribution >= 0.6 is 0 Å². The lowest BCUT2D eigenvalue weighted by molar-refractivity contribution is 0.105. The fourth-order valence-electron chi connectivity index (χ4n) is 3.02. The number of benzene rings is 3. The lowest BCUT2D eigenvalue weighted by Crippen LogP contribution is -2.04. The summed E-state index contributed by atoms with van der Waals surface area (Å²) in [6.07, 6.45) is 2.57. The second kappa shape index (κ2) is 8.74. The molecule has 150 valence electrons. The highest BCUT2D eigenvalue weighted by atomic mass is 19.1. The summed E-state index contributed by atoms with van der Waals surface area (Å²) in [5.41, 5.74) is 2.70. The zero-order valence-corrected chi connectivity index (χ0v) is 16.5. The summed E-state index contributed by atoms with van der Waals surface area (Å²) < 4.78 is 24.7. The number of Topliss-reactive ketones (excluding diaryl/α,β-unsaturated/α-hetero) is 1. The van der Waals surface area contributed by atoms with Crippen LogP contribution < -0.4 is 4.74 Å². The minimum absolute atomic E-state index is 0.219. The first-order chi connectivity index (χ1) is 14.6. The summed E-state index contributed by atoms with van der Waals surface area (Å²) >= 11 is 0. The van der Waals surface area contributed by atoms with Crippen molar-refractivity contribution in [3.63, 3.8) is 0 Å². The van der Waals surface area contributed by atoms with Gasteiger partial charge in [0.2, 0.25) is 5.89 Å². The van der Waals surface area contributed by atoms with E-state index < -0.39 is 0 Å². The van der Waals surface area contributed by atoms with Gasteiger partial charge in [-0.15, -0.1) is 0 Å². The number of carbonyl (C=O) groups is 1. The number of allylic oxidation sites excluding steroid dienone is 1. The third kappa shape index (κ3) is 4.30. The zero-order valence-electron chi connectivity index (χ0n) is 16.5. The molecule has 0 aliphatic carbocycles. The predicted molar refractivity (Wildman–Crippen MR) is 115 cm³/mol. The Hall–Kier alpha value is -3.73. The summed E-state index contributed by atoms with van der Waals surface area (Å²) in [5, 5.41) is 0. The third-order valence-corrected chi connectivity index (χ3v) is 4.54. The van der Waals surface area contributed by atoms with E-state index in [1.54, 1.807) is 48.5 Å². The molecule has 0 aliphatic rings. The van der Waals surface area contributed by atoms with Gasteiger partial charge < -0.3 is 9.15 Å². The van der Waals surface area contributed by atoms with Crippen molar-refractivity contribution in [3.8, 4) is 5.75 Å². The van der Waals surface area contributed by atoms with E-state index in [9.17, 15) is 9.18 Å². The Morgan fingerprint density at radius 1 is 1.03 bits per heavy atom. The van der Waals surface area contributed by atoms with Crippen molar-refractivity contribution in [2.45, 2.75) is 13.3 Å². The molecular weight excluding hydrogens is 381 g/mol. The van der Waals surface area contributed by atoms with Gasteiger partial charge in [-0.1, -0.05) is 31.2 Å². The van der Waals surface area contributed by atoms with E-state index in [0.29, 0.717) is 40.2 Å². The maximum absolute atomic E-state index is 13.3. The molecular formula is C25H20FNO3. The molecule has 4 aromatic rings. The Balaban J connectivity index is 1.74. The molecule has 0 fully saturated rings. The number of oxazole rings is 1. The SMILES string of the molecule is CCCOc1ccc(C(=O)C(=Cc2ccc(F)cc2)c2nc3ccccc3o2)cc1. The first-order valence-electron chi connectivity index (χ1n) is 9.75. The topological polar surface area (TPSA) is 52.3 Å². The van der Waals surface area contributed by atoms with Crippen molar-refractivity contribution >= 4 is 28.5 Å². The molecule has 3 aromatic carbocycles. The van der Waals surface area contributed by atoms with Crippen LogP contribution in [-0.4, -0.2) is 17.4 Å². The summed E-state index contributed by atoms with van der Waals surface area (Å²) in [4.78, 5) is 17.8. The number of ether oxygens (including phenoxy) is 1. The fourth-order valence-corrected chi connectivity index (χ4v) is 3.02. The second-order valence-electron chi connectivity index (χ2n) is 6.80. The molecule has 0 spiro atoms. The fraction of sp³-hybridized carbons (Fsp3) is 0.120. The number of hydrogen-bond donors (Lipinski definition) is 0. The van der Waals surface area contributed by atoms with Crippen LogP contribution in [0.1, 0.15) is 35.2 Å². The van der Waals surface area contributed by atoms with Gasteiger partial charge in [0, 0.05) is 5.56 Å². The molecule has 0 N–H and O–H groups in total. The quantitative estimate of drug-likeness (QED) is 0.274. The van der Waals surface area contributed by atoms with Crippen LogP contribution in [0.15, 0.2) is 77.2 Å². The summed E-state index contributed by atoms with van der Waals surface area (Å²) in [7, 11) is 0. The van der Waals surface area contributed by atoms with E-state index in [1.807, 2.05) is 25.1 Å². The molecule has 4 rings (SSSR count). The smallest absolute Gasteiger partial charge is 0.231 e. The van der Waals surface area contributed by atoms with Crippen molar-refractivity contribution in [2.24, 2.45) is 0 Å². The monoisotopic (exact) mass is 401 g/mol. The van der Waals surface area contributed by atoms with Gasteiger partial charge >= 0.3 is 0 Å². The number of aromatic nitrogens is 1. The van der Waals surface area contributed by atoms with Gasteiger partial charge in [-0.2, -0.15) is 0 Å². The predicted octanol–water partition coefficient (Wildman–Crippen LogP) is 6.18. The van der Waals surface area contributed by atoms with Gasteiger partial charge in [-0.3, -0.25) is 4.79 Å². The van der Waals surface area contributed by atoms with Crippen LogP contribution in [0.5, 0.6) is 5.75 Å². The van der Waals surface area contributed by atoms with Crippen molar-refractivity contribution in [2.75, 3.05) is 6.61 Å². The Labute approximate surface area is 173 Å². The number of para-hydroxylation sites is 2. The van der Waals surface area contributed by atoms with Crippen LogP contribution in [0.3, 0.4) is 0 Å². The van der Waals surface area contributed by atoms with Crippen molar-refractivity contribution in [1.82, 2.24) is 4.98 Å². The van der Waals surface area contributed by atoms with Crippen molar-refractivity contribution in [1.29, 1.82) is 0 Å². The molecule has 0 atom stereocenters. The van der Waals surface area contributed by atoms with Gasteiger partial charge in [-0.25, -0.2) is 9.37 Å². The summed E-state index contributed by atoms with van der Waals surface area (Å²) in [6.45, 7) is 2.65. The molecule has 5 heteroatoms. The van der Waals surface area contributed by atoms with Gasteiger partial charge in [0.1, 0.15) is 17.1 Å². The Morgan fingerprint density at radius 2 is 1.77 bits per heavy atom. The first-order valence-corrected chi connectivity index (χ1v) is 9.75. The Kier molecular flexibility index (Phi) is 5.70. The number of carbonyl (C=O) groups excluding carboxylic acids is 1. The Bertz CT molecular complexity index is 1160. The molecule has 0 unspecified atom stereocenters. The molecule has 1 heterocycles. The maximum Gasteiger partial charge on any atom is 0.231 e. The van der Waals surface area contributed by atoms with Crippen LogP contribution in [0, 0.1) is 5.82 Å².